The molecule has 2 aromatic rings. The Morgan fingerprint density at radius 3 is 2.70 bits per heavy atom. The molecule has 1 aromatic carbocycles. The SMILES string of the molecule is CC(=O)N1CCc2ccc(S(=O)(=O)NCC(=O)Nc3cc(C)on3)cc2C1. The fraction of sp³-hybridized carbons (Fsp3) is 0.353. The van der Waals surface area contributed by atoms with E-state index in [4.69, 9.17) is 4.52 Å². The van der Waals surface area contributed by atoms with Crippen molar-refractivity contribution < 1.29 is 22.5 Å². The molecule has 0 aliphatic carbocycles. The van der Waals surface area contributed by atoms with Crippen LogP contribution in [0.5, 0.6) is 0 Å². The Balaban J connectivity index is 1.67. The third kappa shape index (κ3) is 4.52. The van der Waals surface area contributed by atoms with Gasteiger partial charge in [-0.2, -0.15) is 0 Å². The minimum Gasteiger partial charge on any atom is -0.360 e. The minimum atomic E-state index is -3.87. The van der Waals surface area contributed by atoms with Gasteiger partial charge in [-0.3, -0.25) is 9.59 Å². The van der Waals surface area contributed by atoms with E-state index in [2.05, 4.69) is 15.2 Å². The lowest BCUT2D eigenvalue weighted by atomic mass is 10.00. The van der Waals surface area contributed by atoms with Crippen LogP contribution in [0.3, 0.4) is 0 Å². The zero-order valence-electron chi connectivity index (χ0n) is 15.0. The Bertz CT molecular complexity index is 983. The number of fused-ring (bicyclic) bond motifs is 1. The molecule has 1 aliphatic heterocycles. The number of hydrogen-bond donors (Lipinski definition) is 2. The predicted molar refractivity (Wildman–Crippen MR) is 96.3 cm³/mol. The maximum Gasteiger partial charge on any atom is 0.241 e. The lowest BCUT2D eigenvalue weighted by molar-refractivity contribution is -0.129. The van der Waals surface area contributed by atoms with E-state index < -0.39 is 22.5 Å². The molecule has 144 valence electrons. The second-order valence-corrected chi connectivity index (χ2v) is 8.08. The summed E-state index contributed by atoms with van der Waals surface area (Å²) in [6, 6.07) is 6.32. The number of hydrogen-bond acceptors (Lipinski definition) is 6. The molecule has 0 spiro atoms. The monoisotopic (exact) mass is 392 g/mol. The van der Waals surface area contributed by atoms with E-state index >= 15 is 0 Å². The third-order valence-corrected chi connectivity index (χ3v) is 5.66. The van der Waals surface area contributed by atoms with Gasteiger partial charge in [0.1, 0.15) is 5.76 Å². The Kier molecular flexibility index (Phi) is 5.29. The van der Waals surface area contributed by atoms with Gasteiger partial charge in [0, 0.05) is 26.1 Å². The summed E-state index contributed by atoms with van der Waals surface area (Å²) in [5.41, 5.74) is 1.81. The molecule has 9 nitrogen and oxygen atoms in total. The summed E-state index contributed by atoms with van der Waals surface area (Å²) in [7, 11) is -3.87. The van der Waals surface area contributed by atoms with Gasteiger partial charge in [-0.1, -0.05) is 11.2 Å². The molecular formula is C17H20N4O5S. The Labute approximate surface area is 156 Å². The van der Waals surface area contributed by atoms with Crippen LogP contribution in [0, 0.1) is 6.92 Å². The van der Waals surface area contributed by atoms with Crippen LogP contribution in [0.1, 0.15) is 23.8 Å². The quantitative estimate of drug-likeness (QED) is 0.776. The number of aromatic nitrogens is 1. The number of sulfonamides is 1. The molecule has 0 saturated carbocycles. The Morgan fingerprint density at radius 2 is 2.04 bits per heavy atom. The third-order valence-electron chi connectivity index (χ3n) is 4.26. The molecular weight excluding hydrogens is 372 g/mol. The first-order valence-electron chi connectivity index (χ1n) is 8.35. The number of benzene rings is 1. The molecule has 1 aliphatic rings. The first kappa shape index (κ1) is 19.1. The van der Waals surface area contributed by atoms with E-state index in [0.29, 0.717) is 25.3 Å². The number of amides is 2. The second kappa shape index (κ2) is 7.49. The standard InChI is InChI=1S/C17H20N4O5S/c1-11-7-16(20-26-11)19-17(23)9-18-27(24,25)15-4-3-13-5-6-21(12(2)22)10-14(13)8-15/h3-4,7-8,18H,5-6,9-10H2,1-2H3,(H,19,20,23). The van der Waals surface area contributed by atoms with Gasteiger partial charge < -0.3 is 14.7 Å². The number of nitrogens with one attached hydrogen (secondary N) is 2. The van der Waals surface area contributed by atoms with E-state index in [1.807, 2.05) is 0 Å². The predicted octanol–water partition coefficient (Wildman–Crippen LogP) is 0.805. The summed E-state index contributed by atoms with van der Waals surface area (Å²) in [6.07, 6.45) is 0.683. The van der Waals surface area contributed by atoms with Crippen LogP contribution in [0.25, 0.3) is 0 Å². The van der Waals surface area contributed by atoms with Crippen LogP contribution < -0.4 is 10.0 Å². The summed E-state index contributed by atoms with van der Waals surface area (Å²) in [6.45, 7) is 3.72. The molecule has 2 amide bonds. The molecule has 27 heavy (non-hydrogen) atoms. The van der Waals surface area contributed by atoms with Gasteiger partial charge in [0.15, 0.2) is 5.82 Å². The lowest BCUT2D eigenvalue weighted by Gasteiger charge is -2.28. The molecule has 0 bridgehead atoms. The molecule has 0 atom stereocenters. The van der Waals surface area contributed by atoms with Crippen molar-refractivity contribution in [3.05, 3.63) is 41.2 Å². The second-order valence-electron chi connectivity index (χ2n) is 6.32. The van der Waals surface area contributed by atoms with Crippen molar-refractivity contribution in [2.45, 2.75) is 31.7 Å². The first-order chi connectivity index (χ1) is 12.7. The molecule has 3 rings (SSSR count). The van der Waals surface area contributed by atoms with Gasteiger partial charge in [-0.15, -0.1) is 0 Å². The summed E-state index contributed by atoms with van der Waals surface area (Å²) < 4.78 is 32.1. The van der Waals surface area contributed by atoms with Crippen LogP contribution in [0.4, 0.5) is 5.82 Å². The van der Waals surface area contributed by atoms with Gasteiger partial charge in [-0.05, 0) is 36.6 Å². The van der Waals surface area contributed by atoms with Crippen LogP contribution in [-0.2, 0) is 32.6 Å². The molecule has 0 unspecified atom stereocenters. The van der Waals surface area contributed by atoms with Gasteiger partial charge in [0.25, 0.3) is 0 Å². The number of carbonyl (C=O) groups is 2. The highest BCUT2D eigenvalue weighted by atomic mass is 32.2. The number of rotatable bonds is 5. The van der Waals surface area contributed by atoms with Crippen LogP contribution in [0.2, 0.25) is 0 Å². The van der Waals surface area contributed by atoms with Gasteiger partial charge >= 0.3 is 0 Å². The van der Waals surface area contributed by atoms with Crippen molar-refractivity contribution in [1.82, 2.24) is 14.8 Å². The van der Waals surface area contributed by atoms with Crippen LogP contribution >= 0.6 is 0 Å². The minimum absolute atomic E-state index is 0.0493. The van der Waals surface area contributed by atoms with Crippen molar-refractivity contribution in [2.24, 2.45) is 0 Å². The maximum absolute atomic E-state index is 12.5. The molecule has 2 heterocycles. The summed E-state index contributed by atoms with van der Waals surface area (Å²) >= 11 is 0. The molecule has 0 radical (unpaired) electrons. The van der Waals surface area contributed by atoms with Crippen LogP contribution in [0.15, 0.2) is 33.7 Å². The van der Waals surface area contributed by atoms with Crippen LogP contribution in [-0.4, -0.2) is 43.4 Å². The fourth-order valence-corrected chi connectivity index (χ4v) is 3.86. The fourth-order valence-electron chi connectivity index (χ4n) is 2.83. The molecule has 10 heteroatoms. The Hall–Kier alpha value is -2.72. The van der Waals surface area contributed by atoms with Gasteiger partial charge in [0.2, 0.25) is 21.8 Å². The Morgan fingerprint density at radius 1 is 1.26 bits per heavy atom. The zero-order chi connectivity index (χ0) is 19.6. The highest BCUT2D eigenvalue weighted by Gasteiger charge is 2.22. The zero-order valence-corrected chi connectivity index (χ0v) is 15.8. The average Bonchev–Trinajstić information content (AvgIpc) is 3.03. The molecule has 1 aromatic heterocycles. The van der Waals surface area contributed by atoms with Gasteiger partial charge in [-0.25, -0.2) is 13.1 Å². The smallest absolute Gasteiger partial charge is 0.241 e. The number of anilines is 1. The van der Waals surface area contributed by atoms with Crippen molar-refractivity contribution in [3.8, 4) is 0 Å². The number of nitrogens with zero attached hydrogens (tertiary/aromatic N) is 2. The first-order valence-corrected chi connectivity index (χ1v) is 9.83. The van der Waals surface area contributed by atoms with Gasteiger partial charge in [0.05, 0.1) is 11.4 Å². The number of carbonyl (C=O) groups excluding carboxylic acids is 2. The van der Waals surface area contributed by atoms with Crippen molar-refractivity contribution in [3.63, 3.8) is 0 Å². The summed E-state index contributed by atoms with van der Waals surface area (Å²) in [5, 5.41) is 6.05. The van der Waals surface area contributed by atoms with E-state index in [-0.39, 0.29) is 16.6 Å². The van der Waals surface area contributed by atoms with Crippen molar-refractivity contribution >= 4 is 27.7 Å². The normalized spacial score (nSPS) is 13.9. The van der Waals surface area contributed by atoms with Crippen molar-refractivity contribution in [2.75, 3.05) is 18.4 Å². The maximum atomic E-state index is 12.5. The van der Waals surface area contributed by atoms with E-state index in [9.17, 15) is 18.0 Å². The highest BCUT2D eigenvalue weighted by Crippen LogP contribution is 2.22. The highest BCUT2D eigenvalue weighted by molar-refractivity contribution is 7.89. The molecule has 0 fully saturated rings. The van der Waals surface area contributed by atoms with E-state index in [1.165, 1.54) is 19.1 Å². The van der Waals surface area contributed by atoms with E-state index in [0.717, 1.165) is 11.1 Å². The summed E-state index contributed by atoms with van der Waals surface area (Å²) in [4.78, 5) is 25.2. The van der Waals surface area contributed by atoms with E-state index in [1.54, 1.807) is 24.0 Å². The summed E-state index contributed by atoms with van der Waals surface area (Å²) in [5.74, 6) is 0.133. The lowest BCUT2D eigenvalue weighted by Crippen LogP contribution is -2.35. The molecule has 0 saturated heterocycles. The van der Waals surface area contributed by atoms with Crippen molar-refractivity contribution in [1.29, 1.82) is 0 Å². The largest absolute Gasteiger partial charge is 0.360 e. The average molecular weight is 392 g/mol. The number of aryl methyl sites for hydroxylation is 1. The topological polar surface area (TPSA) is 122 Å². The molecule has 2 N–H and O–H groups in total.